The number of rotatable bonds is 12. The summed E-state index contributed by atoms with van der Waals surface area (Å²) in [5.74, 6) is 0.551. The molecule has 278 valence electrons. The van der Waals surface area contributed by atoms with Gasteiger partial charge in [-0.2, -0.15) is 5.10 Å². The predicted molar refractivity (Wildman–Crippen MR) is 213 cm³/mol. The Morgan fingerprint density at radius 2 is 1.77 bits per heavy atom. The number of nitrogens with zero attached hydrogens (tertiary/aromatic N) is 3. The highest BCUT2D eigenvalue weighted by molar-refractivity contribution is 6.74. The number of carbonyl (C=O) groups is 1. The Morgan fingerprint density at radius 1 is 0.981 bits per heavy atom. The Bertz CT molecular complexity index is 2040. The van der Waals surface area contributed by atoms with E-state index in [0.717, 1.165) is 87.7 Å². The third kappa shape index (κ3) is 7.83. The Labute approximate surface area is 314 Å². The van der Waals surface area contributed by atoms with Gasteiger partial charge in [0.2, 0.25) is 0 Å². The van der Waals surface area contributed by atoms with Gasteiger partial charge in [-0.3, -0.25) is 4.68 Å². The van der Waals surface area contributed by atoms with Gasteiger partial charge < -0.3 is 23.2 Å². The van der Waals surface area contributed by atoms with E-state index in [1.54, 1.807) is 0 Å². The van der Waals surface area contributed by atoms with Gasteiger partial charge in [0, 0.05) is 53.9 Å². The lowest BCUT2D eigenvalue weighted by molar-refractivity contribution is 0.0512. The number of hydrogen-bond donors (Lipinski definition) is 0. The highest BCUT2D eigenvalue weighted by Gasteiger charge is 2.37. The molecule has 0 amide bonds. The molecule has 52 heavy (non-hydrogen) atoms. The van der Waals surface area contributed by atoms with Gasteiger partial charge in [-0.25, -0.2) is 4.79 Å². The van der Waals surface area contributed by atoms with Crippen LogP contribution in [0.2, 0.25) is 23.2 Å². The van der Waals surface area contributed by atoms with E-state index in [1.165, 1.54) is 0 Å². The minimum atomic E-state index is -1.85. The molecule has 10 heteroatoms. The summed E-state index contributed by atoms with van der Waals surface area (Å²) in [5, 5.41) is 9.14. The topological polar surface area (TPSA) is 76.7 Å². The Kier molecular flexibility index (Phi) is 11.8. The van der Waals surface area contributed by atoms with E-state index in [9.17, 15) is 4.79 Å². The molecule has 5 aromatic rings. The van der Waals surface area contributed by atoms with Crippen LogP contribution in [-0.4, -0.2) is 55.1 Å². The molecule has 0 spiro atoms. The van der Waals surface area contributed by atoms with Crippen LogP contribution in [0.3, 0.4) is 0 Å². The van der Waals surface area contributed by atoms with Crippen LogP contribution in [0.5, 0.6) is 5.75 Å². The summed E-state index contributed by atoms with van der Waals surface area (Å²) in [6.07, 6.45) is 3.91. The van der Waals surface area contributed by atoms with Crippen LogP contribution in [0.15, 0.2) is 54.6 Å². The number of carbonyl (C=O) groups excluding carboxylic acids is 1. The molecule has 8 nitrogen and oxygen atoms in total. The predicted octanol–water partition coefficient (Wildman–Crippen LogP) is 10.5. The van der Waals surface area contributed by atoms with Crippen LogP contribution in [0.1, 0.15) is 80.8 Å². The summed E-state index contributed by atoms with van der Waals surface area (Å²) in [4.78, 5) is 13.9. The molecule has 2 aromatic heterocycles. The number of hydrogen-bond acceptors (Lipinski definition) is 6. The van der Waals surface area contributed by atoms with Crippen LogP contribution in [0.25, 0.3) is 32.8 Å². The van der Waals surface area contributed by atoms with Gasteiger partial charge >= 0.3 is 5.97 Å². The fraction of sp³-hybridized carbons (Fsp3) is 0.476. The highest BCUT2D eigenvalue weighted by atomic mass is 35.5. The first-order valence-electron chi connectivity index (χ1n) is 18.8. The SMILES string of the molecule is CCOC(=O)c1c(CCCOc2cccc3ccccc23)c2ccc(Cl)c3c2n1CCCCOCc1nn(CCCO[Si](C)(C)C(C)(C)C)c(C)c1-3. The zero-order valence-corrected chi connectivity index (χ0v) is 33.7. The molecule has 3 heterocycles. The molecule has 0 unspecified atom stereocenters. The van der Waals surface area contributed by atoms with Crippen molar-refractivity contribution in [2.24, 2.45) is 0 Å². The number of esters is 1. The lowest BCUT2D eigenvalue weighted by Gasteiger charge is -2.36. The van der Waals surface area contributed by atoms with E-state index in [2.05, 4.69) is 74.3 Å². The maximum absolute atomic E-state index is 13.9. The maximum atomic E-state index is 13.9. The molecule has 0 fully saturated rings. The maximum Gasteiger partial charge on any atom is 0.355 e. The summed E-state index contributed by atoms with van der Waals surface area (Å²) in [6, 6.07) is 18.4. The van der Waals surface area contributed by atoms with Crippen molar-refractivity contribution in [1.29, 1.82) is 0 Å². The number of aryl methyl sites for hydroxylation is 3. The van der Waals surface area contributed by atoms with Crippen LogP contribution in [-0.2, 0) is 40.0 Å². The van der Waals surface area contributed by atoms with Gasteiger partial charge in [-0.15, -0.1) is 0 Å². The zero-order valence-electron chi connectivity index (χ0n) is 31.9. The number of aromatic nitrogens is 3. The molecule has 0 saturated carbocycles. The van der Waals surface area contributed by atoms with Crippen molar-refractivity contribution in [2.75, 3.05) is 26.4 Å². The second-order valence-electron chi connectivity index (χ2n) is 15.3. The number of fused-ring (bicyclic) bond motifs is 3. The fourth-order valence-corrected chi connectivity index (χ4v) is 8.38. The van der Waals surface area contributed by atoms with Gasteiger partial charge in [0.15, 0.2) is 8.32 Å². The van der Waals surface area contributed by atoms with E-state index < -0.39 is 8.32 Å². The first-order chi connectivity index (χ1) is 24.9. The molecule has 0 aliphatic carbocycles. The molecule has 0 bridgehead atoms. The number of halogens is 1. The van der Waals surface area contributed by atoms with E-state index in [-0.39, 0.29) is 11.0 Å². The Hall–Kier alpha value is -3.63. The number of benzene rings is 3. The van der Waals surface area contributed by atoms with E-state index in [4.69, 9.17) is 35.3 Å². The lowest BCUT2D eigenvalue weighted by Crippen LogP contribution is -2.41. The second kappa shape index (κ2) is 16.2. The summed E-state index contributed by atoms with van der Waals surface area (Å²) in [5.41, 5.74) is 6.26. The van der Waals surface area contributed by atoms with E-state index >= 15 is 0 Å². The number of ether oxygens (including phenoxy) is 3. The molecule has 0 radical (unpaired) electrons. The molecular formula is C42H54ClN3O5Si. The van der Waals surface area contributed by atoms with Gasteiger partial charge in [0.1, 0.15) is 11.4 Å². The monoisotopic (exact) mass is 743 g/mol. The first kappa shape index (κ1) is 38.1. The average molecular weight is 744 g/mol. The van der Waals surface area contributed by atoms with Crippen molar-refractivity contribution in [1.82, 2.24) is 14.3 Å². The lowest BCUT2D eigenvalue weighted by atomic mass is 9.98. The highest BCUT2D eigenvalue weighted by Crippen LogP contribution is 2.43. The summed E-state index contributed by atoms with van der Waals surface area (Å²) in [7, 11) is -1.85. The van der Waals surface area contributed by atoms with Crippen LogP contribution in [0.4, 0.5) is 0 Å². The van der Waals surface area contributed by atoms with Crippen LogP contribution >= 0.6 is 11.6 Å². The first-order valence-corrected chi connectivity index (χ1v) is 22.1. The van der Waals surface area contributed by atoms with Crippen LogP contribution in [0, 0.1) is 6.92 Å². The largest absolute Gasteiger partial charge is 0.493 e. The van der Waals surface area contributed by atoms with Gasteiger partial charge in [0.05, 0.1) is 36.1 Å². The fourth-order valence-electron chi connectivity index (χ4n) is 7.05. The summed E-state index contributed by atoms with van der Waals surface area (Å²) >= 11 is 7.20. The van der Waals surface area contributed by atoms with Crippen LogP contribution < -0.4 is 4.74 Å². The molecule has 1 aliphatic rings. The molecule has 0 atom stereocenters. The molecule has 6 rings (SSSR count). The van der Waals surface area contributed by atoms with Crippen molar-refractivity contribution in [3.8, 4) is 16.9 Å². The summed E-state index contributed by atoms with van der Waals surface area (Å²) < 4.78 is 29.0. The minimum absolute atomic E-state index is 0.159. The molecule has 0 N–H and O–H groups in total. The van der Waals surface area contributed by atoms with Gasteiger partial charge in [0.25, 0.3) is 0 Å². The minimum Gasteiger partial charge on any atom is -0.493 e. The molecule has 1 aliphatic heterocycles. The molecule has 3 aromatic carbocycles. The van der Waals surface area contributed by atoms with E-state index in [1.807, 2.05) is 37.3 Å². The second-order valence-corrected chi connectivity index (χ2v) is 20.5. The summed E-state index contributed by atoms with van der Waals surface area (Å²) in [6.45, 7) is 19.2. The van der Waals surface area contributed by atoms with E-state index in [0.29, 0.717) is 56.7 Å². The Balaban J connectivity index is 1.38. The molecular weight excluding hydrogens is 690 g/mol. The Morgan fingerprint density at radius 3 is 2.56 bits per heavy atom. The molecule has 0 saturated heterocycles. The smallest absolute Gasteiger partial charge is 0.355 e. The van der Waals surface area contributed by atoms with Crippen molar-refractivity contribution >= 4 is 47.6 Å². The third-order valence-corrected chi connectivity index (χ3v) is 15.6. The average Bonchev–Trinajstić information content (AvgIpc) is 3.58. The van der Waals surface area contributed by atoms with Crippen molar-refractivity contribution < 1.29 is 23.4 Å². The van der Waals surface area contributed by atoms with Crippen molar-refractivity contribution in [3.63, 3.8) is 0 Å². The third-order valence-electron chi connectivity index (χ3n) is 10.8. The van der Waals surface area contributed by atoms with Gasteiger partial charge in [-0.1, -0.05) is 74.8 Å². The van der Waals surface area contributed by atoms with Crippen molar-refractivity contribution in [3.05, 3.63) is 82.3 Å². The zero-order chi connectivity index (χ0) is 37.0. The van der Waals surface area contributed by atoms with Crippen molar-refractivity contribution in [2.45, 2.75) is 105 Å². The quantitative estimate of drug-likeness (QED) is 0.0719. The normalized spacial score (nSPS) is 14.0. The van der Waals surface area contributed by atoms with Gasteiger partial charge in [-0.05, 0) is 87.2 Å². The standard InChI is InChI=1S/C42H54ClN3O5Si/c1-8-49-41(47)40-32(19-14-26-50-36-20-13-17-30-16-9-10-18-31(30)36)33-21-22-34(43)38-37-29(2)46(24-15-27-51-52(6,7)42(3,4)5)44-35(37)28-48-25-12-11-23-45(40)39(33)38/h9-10,13,16-18,20-22H,8,11-12,14-15,19,23-28H2,1-7H3.